The number of rotatable bonds is 3. The van der Waals surface area contributed by atoms with Crippen LogP contribution in [0.15, 0.2) is 24.3 Å². The van der Waals surface area contributed by atoms with Crippen LogP contribution in [0.25, 0.3) is 0 Å². The highest BCUT2D eigenvalue weighted by Crippen LogP contribution is 2.29. The molecule has 1 aliphatic rings. The second kappa shape index (κ2) is 7.84. The van der Waals surface area contributed by atoms with E-state index < -0.39 is 0 Å². The van der Waals surface area contributed by atoms with Crippen molar-refractivity contribution in [1.29, 1.82) is 0 Å². The third kappa shape index (κ3) is 5.50. The quantitative estimate of drug-likeness (QED) is 0.892. The van der Waals surface area contributed by atoms with Crippen molar-refractivity contribution >= 4 is 24.0 Å². The van der Waals surface area contributed by atoms with Crippen LogP contribution >= 0.6 is 12.4 Å². The summed E-state index contributed by atoms with van der Waals surface area (Å²) >= 11 is 0. The van der Waals surface area contributed by atoms with E-state index in [1.165, 1.54) is 0 Å². The van der Waals surface area contributed by atoms with Crippen LogP contribution in [0.4, 0.5) is 5.69 Å². The summed E-state index contributed by atoms with van der Waals surface area (Å²) in [6.07, 6.45) is 1.77. The van der Waals surface area contributed by atoms with Crippen molar-refractivity contribution in [2.75, 3.05) is 11.9 Å². The first-order valence-corrected chi connectivity index (χ1v) is 7.67. The van der Waals surface area contributed by atoms with Crippen LogP contribution in [0.5, 0.6) is 5.75 Å². The van der Waals surface area contributed by atoms with E-state index in [4.69, 9.17) is 4.74 Å². The number of halogens is 1. The average Bonchev–Trinajstić information content (AvgIpc) is 2.39. The second-order valence-corrected chi connectivity index (χ2v) is 6.78. The summed E-state index contributed by atoms with van der Waals surface area (Å²) in [6.45, 7) is 9.02. The molecule has 1 aromatic carbocycles. The Bertz CT molecular complexity index is 500. The van der Waals surface area contributed by atoms with Gasteiger partial charge >= 0.3 is 0 Å². The van der Waals surface area contributed by atoms with Gasteiger partial charge in [0.15, 0.2) is 0 Å². The van der Waals surface area contributed by atoms with Crippen molar-refractivity contribution in [1.82, 2.24) is 5.32 Å². The Hall–Kier alpha value is -1.26. The van der Waals surface area contributed by atoms with Crippen molar-refractivity contribution in [2.24, 2.45) is 5.92 Å². The van der Waals surface area contributed by atoms with E-state index in [1.807, 2.05) is 45.0 Å². The molecule has 0 spiro atoms. The van der Waals surface area contributed by atoms with Gasteiger partial charge in [-0.25, -0.2) is 0 Å². The number of anilines is 1. The normalized spacial score (nSPS) is 21.6. The lowest BCUT2D eigenvalue weighted by Gasteiger charge is -2.28. The van der Waals surface area contributed by atoms with E-state index in [9.17, 15) is 4.79 Å². The summed E-state index contributed by atoms with van der Waals surface area (Å²) in [5, 5.41) is 6.40. The van der Waals surface area contributed by atoms with Crippen LogP contribution in [0.3, 0.4) is 0 Å². The summed E-state index contributed by atoms with van der Waals surface area (Å²) in [5.74, 6) is 0.887. The minimum Gasteiger partial charge on any atom is -0.486 e. The molecule has 1 aromatic rings. The highest BCUT2D eigenvalue weighted by Gasteiger charge is 2.25. The molecule has 1 amide bonds. The van der Waals surface area contributed by atoms with E-state index in [0.29, 0.717) is 6.04 Å². The highest BCUT2D eigenvalue weighted by atomic mass is 35.5. The van der Waals surface area contributed by atoms with Gasteiger partial charge in [0.25, 0.3) is 0 Å². The average molecular weight is 327 g/mol. The molecule has 4 nitrogen and oxygen atoms in total. The molecule has 0 saturated carbocycles. The van der Waals surface area contributed by atoms with Gasteiger partial charge in [-0.05, 0) is 59.2 Å². The Morgan fingerprint density at radius 3 is 2.64 bits per heavy atom. The van der Waals surface area contributed by atoms with E-state index in [1.54, 1.807) is 0 Å². The predicted octanol–water partition coefficient (Wildman–Crippen LogP) is 3.61. The van der Waals surface area contributed by atoms with Gasteiger partial charge in [-0.1, -0.05) is 12.1 Å². The summed E-state index contributed by atoms with van der Waals surface area (Å²) in [5.41, 5.74) is 0.466. The topological polar surface area (TPSA) is 50.4 Å². The van der Waals surface area contributed by atoms with E-state index in [2.05, 4.69) is 17.6 Å². The second-order valence-electron chi connectivity index (χ2n) is 6.78. The monoisotopic (exact) mass is 326 g/mol. The van der Waals surface area contributed by atoms with E-state index in [0.717, 1.165) is 30.8 Å². The van der Waals surface area contributed by atoms with E-state index >= 15 is 0 Å². The first-order chi connectivity index (χ1) is 9.85. The number of para-hydroxylation sites is 2. The molecule has 2 N–H and O–H groups in total. The number of ether oxygens (including phenoxy) is 1. The van der Waals surface area contributed by atoms with Crippen molar-refractivity contribution in [3.63, 3.8) is 0 Å². The minimum absolute atomic E-state index is 0. The zero-order chi connectivity index (χ0) is 15.5. The molecular formula is C17H27ClN2O2. The lowest BCUT2D eigenvalue weighted by Crippen LogP contribution is -2.40. The minimum atomic E-state index is -0.288. The first-order valence-electron chi connectivity index (χ1n) is 7.67. The Labute approximate surface area is 139 Å². The van der Waals surface area contributed by atoms with Gasteiger partial charge < -0.3 is 15.4 Å². The van der Waals surface area contributed by atoms with Crippen LogP contribution in [0.1, 0.15) is 40.5 Å². The summed E-state index contributed by atoms with van der Waals surface area (Å²) in [7, 11) is 0. The first kappa shape index (κ1) is 18.8. The molecule has 0 radical (unpaired) electrons. The number of nitrogens with one attached hydrogen (secondary N) is 2. The van der Waals surface area contributed by atoms with Gasteiger partial charge in [0.2, 0.25) is 5.91 Å². The van der Waals surface area contributed by atoms with Crippen LogP contribution in [0, 0.1) is 5.92 Å². The molecular weight excluding hydrogens is 300 g/mol. The molecule has 1 aliphatic heterocycles. The van der Waals surface area contributed by atoms with Gasteiger partial charge in [0.1, 0.15) is 11.4 Å². The molecule has 1 heterocycles. The molecule has 5 heteroatoms. The van der Waals surface area contributed by atoms with Crippen LogP contribution < -0.4 is 15.4 Å². The molecule has 2 rings (SSSR count). The molecule has 124 valence electrons. The number of carbonyl (C=O) groups excluding carboxylic acids is 1. The molecule has 1 fully saturated rings. The van der Waals surface area contributed by atoms with Gasteiger partial charge in [-0.3, -0.25) is 4.79 Å². The maximum Gasteiger partial charge on any atom is 0.227 e. The number of hydrogen-bond acceptors (Lipinski definition) is 3. The lowest BCUT2D eigenvalue weighted by atomic mass is 9.92. The van der Waals surface area contributed by atoms with Gasteiger partial charge in [-0.2, -0.15) is 0 Å². The summed E-state index contributed by atoms with van der Waals surface area (Å²) in [6, 6.07) is 8.02. The van der Waals surface area contributed by atoms with Crippen molar-refractivity contribution in [2.45, 2.75) is 52.2 Å². The van der Waals surface area contributed by atoms with Crippen LogP contribution in [-0.2, 0) is 4.79 Å². The Balaban J connectivity index is 0.00000242. The molecule has 0 aliphatic carbocycles. The SMILES string of the molecule is C[C@H]1C[C@@H](C(=O)Nc2ccccc2OC(C)(C)C)CCN1.Cl. The Morgan fingerprint density at radius 2 is 2.00 bits per heavy atom. The van der Waals surface area contributed by atoms with E-state index in [-0.39, 0.29) is 29.8 Å². The van der Waals surface area contributed by atoms with Gasteiger partial charge in [0, 0.05) is 12.0 Å². The maximum absolute atomic E-state index is 12.4. The molecule has 2 atom stereocenters. The van der Waals surface area contributed by atoms with Crippen molar-refractivity contribution < 1.29 is 9.53 Å². The summed E-state index contributed by atoms with van der Waals surface area (Å²) in [4.78, 5) is 12.4. The number of amides is 1. The fraction of sp³-hybridized carbons (Fsp3) is 0.588. The number of carbonyl (C=O) groups is 1. The zero-order valence-corrected chi connectivity index (χ0v) is 14.6. The Kier molecular flexibility index (Phi) is 6.69. The third-order valence-electron chi connectivity index (χ3n) is 3.56. The molecule has 22 heavy (non-hydrogen) atoms. The summed E-state index contributed by atoms with van der Waals surface area (Å²) < 4.78 is 5.92. The van der Waals surface area contributed by atoms with Gasteiger partial charge in [0.05, 0.1) is 5.69 Å². The van der Waals surface area contributed by atoms with Gasteiger partial charge in [-0.15, -0.1) is 12.4 Å². The standard InChI is InChI=1S/C17H26N2O2.ClH/c1-12-11-13(9-10-18-12)16(20)19-14-7-5-6-8-15(14)21-17(2,3)4;/h5-8,12-13,18H,9-11H2,1-4H3,(H,19,20);1H/t12-,13-;/m0./s1. The lowest BCUT2D eigenvalue weighted by molar-refractivity contribution is -0.120. The smallest absolute Gasteiger partial charge is 0.227 e. The zero-order valence-electron chi connectivity index (χ0n) is 13.8. The third-order valence-corrected chi connectivity index (χ3v) is 3.56. The van der Waals surface area contributed by atoms with Crippen LogP contribution in [-0.4, -0.2) is 24.1 Å². The largest absolute Gasteiger partial charge is 0.486 e. The molecule has 0 aromatic heterocycles. The number of piperidine rings is 1. The molecule has 1 saturated heterocycles. The van der Waals surface area contributed by atoms with Crippen molar-refractivity contribution in [3.05, 3.63) is 24.3 Å². The van der Waals surface area contributed by atoms with Crippen molar-refractivity contribution in [3.8, 4) is 5.75 Å². The number of hydrogen-bond donors (Lipinski definition) is 2. The molecule has 0 bridgehead atoms. The molecule has 0 unspecified atom stereocenters. The fourth-order valence-electron chi connectivity index (χ4n) is 2.59. The number of benzene rings is 1. The fourth-order valence-corrected chi connectivity index (χ4v) is 2.59. The van der Waals surface area contributed by atoms with Crippen LogP contribution in [0.2, 0.25) is 0 Å². The maximum atomic E-state index is 12.4. The highest BCUT2D eigenvalue weighted by molar-refractivity contribution is 5.94. The predicted molar refractivity (Wildman–Crippen MR) is 92.9 cm³/mol. The Morgan fingerprint density at radius 1 is 1.32 bits per heavy atom.